The summed E-state index contributed by atoms with van der Waals surface area (Å²) in [6, 6.07) is 6.76. The van der Waals surface area contributed by atoms with Gasteiger partial charge in [0.2, 0.25) is 0 Å². The molecule has 0 saturated carbocycles. The molecule has 21 heavy (non-hydrogen) atoms. The summed E-state index contributed by atoms with van der Waals surface area (Å²) < 4.78 is 52.7. The molecule has 2 N–H and O–H groups in total. The van der Waals surface area contributed by atoms with E-state index in [1.165, 1.54) is 12.1 Å². The van der Waals surface area contributed by atoms with Crippen molar-refractivity contribution in [3.8, 4) is 0 Å². The Labute approximate surface area is 119 Å². The van der Waals surface area contributed by atoms with Crippen LogP contribution in [0, 0.1) is 23.3 Å². The lowest BCUT2D eigenvalue weighted by atomic mass is 10.1. The maximum atomic E-state index is 13.5. The van der Waals surface area contributed by atoms with Crippen LogP contribution < -0.4 is 5.32 Å². The minimum Gasteiger partial charge on any atom is -0.394 e. The molecular formula is C15H13F4NO. The number of benzene rings is 2. The van der Waals surface area contributed by atoms with E-state index in [0.717, 1.165) is 12.1 Å². The number of aliphatic hydroxyl groups excluding tert-OH is 1. The molecule has 1 atom stereocenters. The topological polar surface area (TPSA) is 32.3 Å². The van der Waals surface area contributed by atoms with Gasteiger partial charge in [-0.05, 0) is 23.8 Å². The fourth-order valence-corrected chi connectivity index (χ4v) is 1.94. The molecule has 0 amide bonds. The number of aliphatic hydroxyl groups is 1. The Morgan fingerprint density at radius 3 is 2.14 bits per heavy atom. The van der Waals surface area contributed by atoms with Crippen molar-refractivity contribution in [1.29, 1.82) is 0 Å². The van der Waals surface area contributed by atoms with Crippen molar-refractivity contribution in [2.45, 2.75) is 12.6 Å². The van der Waals surface area contributed by atoms with Crippen LogP contribution in [0.15, 0.2) is 36.4 Å². The Balaban J connectivity index is 2.15. The van der Waals surface area contributed by atoms with Crippen molar-refractivity contribution < 1.29 is 22.7 Å². The molecule has 2 rings (SSSR count). The number of halogens is 4. The van der Waals surface area contributed by atoms with E-state index in [1.807, 2.05) is 0 Å². The average molecular weight is 299 g/mol. The molecular weight excluding hydrogens is 286 g/mol. The highest BCUT2D eigenvalue weighted by Crippen LogP contribution is 2.20. The zero-order valence-electron chi connectivity index (χ0n) is 10.9. The van der Waals surface area contributed by atoms with E-state index in [1.54, 1.807) is 12.1 Å². The maximum absolute atomic E-state index is 13.5. The third-order valence-corrected chi connectivity index (χ3v) is 3.09. The fourth-order valence-electron chi connectivity index (χ4n) is 1.94. The van der Waals surface area contributed by atoms with E-state index in [2.05, 4.69) is 5.32 Å². The highest BCUT2D eigenvalue weighted by molar-refractivity contribution is 5.23. The first kappa shape index (κ1) is 15.5. The van der Waals surface area contributed by atoms with Crippen LogP contribution >= 0.6 is 0 Å². The average Bonchev–Trinajstić information content (AvgIpc) is 2.47. The molecule has 0 spiro atoms. The van der Waals surface area contributed by atoms with Crippen LogP contribution in [0.3, 0.4) is 0 Å². The molecule has 0 radical (unpaired) electrons. The second kappa shape index (κ2) is 6.69. The molecule has 0 bridgehead atoms. The highest BCUT2D eigenvalue weighted by Gasteiger charge is 2.17. The van der Waals surface area contributed by atoms with Gasteiger partial charge in [-0.2, -0.15) is 0 Å². The van der Waals surface area contributed by atoms with Gasteiger partial charge in [0.05, 0.1) is 12.6 Å². The summed E-state index contributed by atoms with van der Waals surface area (Å²) in [7, 11) is 0. The molecule has 112 valence electrons. The first-order chi connectivity index (χ1) is 10.0. The standard InChI is InChI=1S/C15H13F4NO/c16-11-4-2-1-3-9(11)7-20-14(8-21)10-5-12(17)15(19)13(18)6-10/h1-6,14,20-21H,7-8H2. The van der Waals surface area contributed by atoms with Gasteiger partial charge in [-0.25, -0.2) is 17.6 Å². The monoisotopic (exact) mass is 299 g/mol. The second-order valence-corrected chi connectivity index (χ2v) is 4.51. The summed E-state index contributed by atoms with van der Waals surface area (Å²) >= 11 is 0. The summed E-state index contributed by atoms with van der Waals surface area (Å²) in [6.07, 6.45) is 0. The summed E-state index contributed by atoms with van der Waals surface area (Å²) in [5.41, 5.74) is 0.393. The van der Waals surface area contributed by atoms with Gasteiger partial charge >= 0.3 is 0 Å². The molecule has 2 aromatic rings. The summed E-state index contributed by atoms with van der Waals surface area (Å²) in [5, 5.41) is 12.1. The maximum Gasteiger partial charge on any atom is 0.194 e. The lowest BCUT2D eigenvalue weighted by molar-refractivity contribution is 0.242. The van der Waals surface area contributed by atoms with E-state index in [-0.39, 0.29) is 12.1 Å². The number of hydrogen-bond acceptors (Lipinski definition) is 2. The van der Waals surface area contributed by atoms with Gasteiger partial charge < -0.3 is 10.4 Å². The van der Waals surface area contributed by atoms with Gasteiger partial charge in [-0.1, -0.05) is 18.2 Å². The lowest BCUT2D eigenvalue weighted by Crippen LogP contribution is -2.25. The molecule has 6 heteroatoms. The Morgan fingerprint density at radius 2 is 1.57 bits per heavy atom. The molecule has 0 aromatic heterocycles. The molecule has 0 saturated heterocycles. The third kappa shape index (κ3) is 3.59. The van der Waals surface area contributed by atoms with Gasteiger partial charge in [0.25, 0.3) is 0 Å². The van der Waals surface area contributed by atoms with Crippen molar-refractivity contribution >= 4 is 0 Å². The molecule has 0 aliphatic carbocycles. The number of hydrogen-bond donors (Lipinski definition) is 2. The Bertz CT molecular complexity index is 610. The van der Waals surface area contributed by atoms with Crippen molar-refractivity contribution in [2.24, 2.45) is 0 Å². The van der Waals surface area contributed by atoms with Gasteiger partial charge in [-0.3, -0.25) is 0 Å². The van der Waals surface area contributed by atoms with Gasteiger partial charge in [0.15, 0.2) is 17.5 Å². The van der Waals surface area contributed by atoms with Crippen LogP contribution in [-0.2, 0) is 6.54 Å². The van der Waals surface area contributed by atoms with Crippen molar-refractivity contribution in [3.05, 3.63) is 70.8 Å². The minimum atomic E-state index is -1.57. The number of rotatable bonds is 5. The highest BCUT2D eigenvalue weighted by atomic mass is 19.2. The summed E-state index contributed by atoms with van der Waals surface area (Å²) in [5.74, 6) is -4.67. The van der Waals surface area contributed by atoms with E-state index in [4.69, 9.17) is 0 Å². The minimum absolute atomic E-state index is 0.0465. The van der Waals surface area contributed by atoms with E-state index < -0.39 is 35.9 Å². The fraction of sp³-hybridized carbons (Fsp3) is 0.200. The smallest absolute Gasteiger partial charge is 0.194 e. The van der Waals surface area contributed by atoms with Crippen LogP contribution in [0.2, 0.25) is 0 Å². The Morgan fingerprint density at radius 1 is 0.952 bits per heavy atom. The second-order valence-electron chi connectivity index (χ2n) is 4.51. The Hall–Kier alpha value is -1.92. The normalized spacial score (nSPS) is 12.4. The zero-order chi connectivity index (χ0) is 15.4. The predicted molar refractivity (Wildman–Crippen MR) is 69.4 cm³/mol. The van der Waals surface area contributed by atoms with E-state index >= 15 is 0 Å². The number of nitrogens with one attached hydrogen (secondary N) is 1. The van der Waals surface area contributed by atoms with Crippen molar-refractivity contribution in [1.82, 2.24) is 5.32 Å². The molecule has 0 heterocycles. The molecule has 2 nitrogen and oxygen atoms in total. The molecule has 0 aliphatic rings. The van der Waals surface area contributed by atoms with Crippen molar-refractivity contribution in [3.63, 3.8) is 0 Å². The largest absolute Gasteiger partial charge is 0.394 e. The zero-order valence-corrected chi connectivity index (χ0v) is 10.9. The summed E-state index contributed by atoms with van der Waals surface area (Å²) in [6.45, 7) is -0.419. The summed E-state index contributed by atoms with van der Waals surface area (Å²) in [4.78, 5) is 0. The van der Waals surface area contributed by atoms with Gasteiger partial charge in [-0.15, -0.1) is 0 Å². The van der Waals surface area contributed by atoms with E-state index in [9.17, 15) is 22.7 Å². The van der Waals surface area contributed by atoms with Crippen molar-refractivity contribution in [2.75, 3.05) is 6.61 Å². The van der Waals surface area contributed by atoms with E-state index in [0.29, 0.717) is 5.56 Å². The van der Waals surface area contributed by atoms with Crippen LogP contribution in [0.1, 0.15) is 17.2 Å². The van der Waals surface area contributed by atoms with Crippen LogP contribution in [0.25, 0.3) is 0 Å². The Kier molecular flexibility index (Phi) is 4.93. The third-order valence-electron chi connectivity index (χ3n) is 3.09. The quantitative estimate of drug-likeness (QED) is 0.657. The lowest BCUT2D eigenvalue weighted by Gasteiger charge is -2.17. The van der Waals surface area contributed by atoms with Gasteiger partial charge in [0, 0.05) is 12.1 Å². The van der Waals surface area contributed by atoms with Crippen LogP contribution in [0.5, 0.6) is 0 Å². The first-order valence-electron chi connectivity index (χ1n) is 6.25. The SMILES string of the molecule is OCC(NCc1ccccc1F)c1cc(F)c(F)c(F)c1. The molecule has 0 fully saturated rings. The molecule has 1 unspecified atom stereocenters. The van der Waals surface area contributed by atoms with Crippen LogP contribution in [-0.4, -0.2) is 11.7 Å². The van der Waals surface area contributed by atoms with Crippen LogP contribution in [0.4, 0.5) is 17.6 Å². The van der Waals surface area contributed by atoms with Gasteiger partial charge in [0.1, 0.15) is 5.82 Å². The predicted octanol–water partition coefficient (Wildman–Crippen LogP) is 3.07. The molecule has 2 aromatic carbocycles. The first-order valence-corrected chi connectivity index (χ1v) is 6.25. The molecule has 0 aliphatic heterocycles.